The summed E-state index contributed by atoms with van der Waals surface area (Å²) in [4.78, 5) is 41.0. The van der Waals surface area contributed by atoms with E-state index in [1.54, 1.807) is 0 Å². The van der Waals surface area contributed by atoms with Crippen LogP contribution in [0.2, 0.25) is 0 Å². The van der Waals surface area contributed by atoms with Crippen LogP contribution in [0, 0.1) is 6.92 Å². The van der Waals surface area contributed by atoms with Crippen LogP contribution < -0.4 is 10.9 Å². The Morgan fingerprint density at radius 1 is 1.21 bits per heavy atom. The smallest absolute Gasteiger partial charge is 0.307 e. The van der Waals surface area contributed by atoms with E-state index < -0.39 is 0 Å². The molecular formula is C20H21N3O4S. The average molecular weight is 399 g/mol. The highest BCUT2D eigenvalue weighted by Gasteiger charge is 2.14. The molecule has 1 N–H and O–H groups in total. The maximum atomic E-state index is 12.9. The van der Waals surface area contributed by atoms with Crippen LogP contribution in [0.3, 0.4) is 0 Å². The molecule has 0 atom stereocenters. The number of aryl methyl sites for hydroxylation is 2. The second-order valence-corrected chi connectivity index (χ2v) is 7.22. The number of nitrogens with zero attached hydrogens (tertiary/aromatic N) is 2. The number of esters is 1. The normalized spacial score (nSPS) is 10.8. The number of benzene rings is 1. The zero-order valence-corrected chi connectivity index (χ0v) is 16.5. The van der Waals surface area contributed by atoms with Crippen LogP contribution in [0.4, 0.5) is 0 Å². The van der Waals surface area contributed by atoms with Crippen LogP contribution in [-0.4, -0.2) is 35.1 Å². The molecule has 28 heavy (non-hydrogen) atoms. The van der Waals surface area contributed by atoms with Crippen molar-refractivity contribution in [3.05, 3.63) is 51.9 Å². The van der Waals surface area contributed by atoms with Gasteiger partial charge in [0, 0.05) is 30.5 Å². The summed E-state index contributed by atoms with van der Waals surface area (Å²) in [7, 11) is 1.30. The SMILES string of the molecule is COC(=O)CCNC(=O)CCn1cnc2scc(-c3ccc(C)cc3)c2c1=O. The number of carbonyl (C=O) groups excluding carboxylic acids is 2. The molecule has 0 fully saturated rings. The van der Waals surface area contributed by atoms with Crippen molar-refractivity contribution in [3.8, 4) is 11.1 Å². The Morgan fingerprint density at radius 3 is 2.68 bits per heavy atom. The van der Waals surface area contributed by atoms with Gasteiger partial charge in [0.25, 0.3) is 5.56 Å². The average Bonchev–Trinajstić information content (AvgIpc) is 3.13. The van der Waals surface area contributed by atoms with Crippen molar-refractivity contribution in [2.75, 3.05) is 13.7 Å². The van der Waals surface area contributed by atoms with Gasteiger partial charge in [-0.2, -0.15) is 0 Å². The molecule has 0 aliphatic carbocycles. The van der Waals surface area contributed by atoms with E-state index in [-0.39, 0.29) is 43.4 Å². The van der Waals surface area contributed by atoms with Crippen molar-refractivity contribution in [2.45, 2.75) is 26.3 Å². The lowest BCUT2D eigenvalue weighted by Gasteiger charge is -2.07. The van der Waals surface area contributed by atoms with Crippen LogP contribution in [0.1, 0.15) is 18.4 Å². The largest absolute Gasteiger partial charge is 0.469 e. The Kier molecular flexibility index (Phi) is 6.20. The fourth-order valence-corrected chi connectivity index (χ4v) is 3.70. The number of methoxy groups -OCH3 is 1. The number of thiophene rings is 1. The minimum atomic E-state index is -0.382. The van der Waals surface area contributed by atoms with Crippen molar-refractivity contribution in [2.24, 2.45) is 0 Å². The standard InChI is InChI=1S/C20H21N3O4S/c1-13-3-5-14(6-4-13)15-11-28-19-18(15)20(26)23(12-22-19)10-8-16(24)21-9-7-17(25)27-2/h3-6,11-12H,7-10H2,1-2H3,(H,21,24). The lowest BCUT2D eigenvalue weighted by atomic mass is 10.1. The second-order valence-electron chi connectivity index (χ2n) is 6.36. The second kappa shape index (κ2) is 8.79. The Balaban J connectivity index is 1.74. The summed E-state index contributed by atoms with van der Waals surface area (Å²) < 4.78 is 5.97. The zero-order chi connectivity index (χ0) is 20.1. The third-order valence-corrected chi connectivity index (χ3v) is 5.27. The van der Waals surface area contributed by atoms with Gasteiger partial charge in [-0.15, -0.1) is 11.3 Å². The van der Waals surface area contributed by atoms with Gasteiger partial charge in [0.05, 0.1) is 25.2 Å². The van der Waals surface area contributed by atoms with Crippen LogP contribution >= 0.6 is 11.3 Å². The number of hydrogen-bond donors (Lipinski definition) is 1. The Bertz CT molecular complexity index is 1050. The molecule has 0 radical (unpaired) electrons. The Labute approximate surface area is 166 Å². The van der Waals surface area contributed by atoms with Gasteiger partial charge in [-0.3, -0.25) is 19.0 Å². The first-order valence-electron chi connectivity index (χ1n) is 8.87. The van der Waals surface area contributed by atoms with Gasteiger partial charge in [0.2, 0.25) is 5.91 Å². The van der Waals surface area contributed by atoms with Gasteiger partial charge in [0.1, 0.15) is 4.83 Å². The first-order valence-corrected chi connectivity index (χ1v) is 9.74. The Hall–Kier alpha value is -3.00. The number of hydrogen-bond acceptors (Lipinski definition) is 6. The molecule has 0 aliphatic rings. The molecule has 1 aromatic carbocycles. The highest BCUT2D eigenvalue weighted by atomic mass is 32.1. The minimum Gasteiger partial charge on any atom is -0.469 e. The number of ether oxygens (including phenoxy) is 1. The van der Waals surface area contributed by atoms with Gasteiger partial charge in [0.15, 0.2) is 0 Å². The molecule has 0 spiro atoms. The number of rotatable bonds is 7. The molecule has 8 heteroatoms. The zero-order valence-electron chi connectivity index (χ0n) is 15.7. The fourth-order valence-electron chi connectivity index (χ4n) is 2.79. The van der Waals surface area contributed by atoms with E-state index in [1.165, 1.54) is 29.3 Å². The van der Waals surface area contributed by atoms with Crippen molar-refractivity contribution >= 4 is 33.4 Å². The van der Waals surface area contributed by atoms with E-state index in [2.05, 4.69) is 15.0 Å². The molecule has 2 heterocycles. The molecule has 2 aromatic heterocycles. The summed E-state index contributed by atoms with van der Waals surface area (Å²) >= 11 is 1.43. The molecule has 7 nitrogen and oxygen atoms in total. The van der Waals surface area contributed by atoms with E-state index in [9.17, 15) is 14.4 Å². The third kappa shape index (κ3) is 4.45. The minimum absolute atomic E-state index is 0.116. The van der Waals surface area contributed by atoms with E-state index in [0.29, 0.717) is 10.2 Å². The monoisotopic (exact) mass is 399 g/mol. The van der Waals surface area contributed by atoms with E-state index in [4.69, 9.17) is 0 Å². The number of fused-ring (bicyclic) bond motifs is 1. The molecule has 1 amide bonds. The summed E-state index contributed by atoms with van der Waals surface area (Å²) in [6.45, 7) is 2.44. The molecule has 146 valence electrons. The molecule has 0 aliphatic heterocycles. The van der Waals surface area contributed by atoms with Crippen LogP contribution in [0.5, 0.6) is 0 Å². The number of carbonyl (C=O) groups is 2. The van der Waals surface area contributed by atoms with Crippen molar-refractivity contribution < 1.29 is 14.3 Å². The highest BCUT2D eigenvalue weighted by molar-refractivity contribution is 7.17. The molecule has 0 saturated heterocycles. The van der Waals surface area contributed by atoms with Gasteiger partial charge in [-0.25, -0.2) is 4.98 Å². The number of nitrogens with one attached hydrogen (secondary N) is 1. The van der Waals surface area contributed by atoms with Crippen LogP contribution in [-0.2, 0) is 20.9 Å². The first-order chi connectivity index (χ1) is 13.5. The first kappa shape index (κ1) is 19.8. The molecule has 0 unspecified atom stereocenters. The summed E-state index contributed by atoms with van der Waals surface area (Å²) in [6, 6.07) is 7.99. The number of amides is 1. The maximum Gasteiger partial charge on any atom is 0.307 e. The summed E-state index contributed by atoms with van der Waals surface area (Å²) in [5.74, 6) is -0.618. The number of aromatic nitrogens is 2. The lowest BCUT2D eigenvalue weighted by molar-refractivity contribution is -0.140. The van der Waals surface area contributed by atoms with E-state index in [0.717, 1.165) is 16.7 Å². The van der Waals surface area contributed by atoms with Crippen LogP contribution in [0.15, 0.2) is 40.8 Å². The molecular weight excluding hydrogens is 378 g/mol. The van der Waals surface area contributed by atoms with Crippen molar-refractivity contribution in [1.29, 1.82) is 0 Å². The van der Waals surface area contributed by atoms with E-state index in [1.807, 2.05) is 36.6 Å². The maximum absolute atomic E-state index is 12.9. The quantitative estimate of drug-likeness (QED) is 0.617. The summed E-state index contributed by atoms with van der Waals surface area (Å²) in [6.07, 6.45) is 1.71. The van der Waals surface area contributed by atoms with Crippen molar-refractivity contribution in [3.63, 3.8) is 0 Å². The van der Waals surface area contributed by atoms with Gasteiger partial charge in [-0.05, 0) is 12.5 Å². The predicted molar refractivity (Wildman–Crippen MR) is 108 cm³/mol. The van der Waals surface area contributed by atoms with Crippen LogP contribution in [0.25, 0.3) is 21.3 Å². The third-order valence-electron chi connectivity index (χ3n) is 4.38. The van der Waals surface area contributed by atoms with Crippen molar-refractivity contribution in [1.82, 2.24) is 14.9 Å². The molecule has 3 rings (SSSR count). The summed E-state index contributed by atoms with van der Waals surface area (Å²) in [5, 5.41) is 5.15. The molecule has 3 aromatic rings. The van der Waals surface area contributed by atoms with E-state index >= 15 is 0 Å². The lowest BCUT2D eigenvalue weighted by Crippen LogP contribution is -2.29. The van der Waals surface area contributed by atoms with Gasteiger partial charge in [-0.1, -0.05) is 29.8 Å². The molecule has 0 bridgehead atoms. The predicted octanol–water partition coefficient (Wildman–Crippen LogP) is 2.50. The van der Waals surface area contributed by atoms with Gasteiger partial charge >= 0.3 is 5.97 Å². The Morgan fingerprint density at radius 2 is 1.96 bits per heavy atom. The highest BCUT2D eigenvalue weighted by Crippen LogP contribution is 2.30. The molecule has 0 saturated carbocycles. The van der Waals surface area contributed by atoms with Gasteiger partial charge < -0.3 is 10.1 Å². The fraction of sp³-hybridized carbons (Fsp3) is 0.300. The topological polar surface area (TPSA) is 90.3 Å². The summed E-state index contributed by atoms with van der Waals surface area (Å²) in [5.41, 5.74) is 2.81.